The Balaban J connectivity index is 8.14. The number of hydrogen-bond acceptors (Lipinski definition) is 10. The Bertz CT molecular complexity index is 982. The van der Waals surface area contributed by atoms with E-state index in [2.05, 4.69) is 0 Å². The van der Waals surface area contributed by atoms with E-state index in [1.54, 1.807) is 0 Å². The lowest BCUT2D eigenvalue weighted by atomic mass is 10.5. The lowest BCUT2D eigenvalue weighted by Crippen LogP contribution is -2.64. The van der Waals surface area contributed by atoms with E-state index in [1.807, 2.05) is 0 Å². The molecule has 0 aromatic heterocycles. The Labute approximate surface area is 228 Å². The minimum atomic E-state index is -6.06. The van der Waals surface area contributed by atoms with Crippen LogP contribution >= 0.6 is 45.6 Å². The van der Waals surface area contributed by atoms with Crippen molar-refractivity contribution >= 4 is 45.6 Å². The van der Waals surface area contributed by atoms with Gasteiger partial charge >= 0.3 is 45.6 Å². The highest BCUT2D eigenvalue weighted by Gasteiger charge is 2.58. The monoisotopic (exact) mass is 710 g/mol. The van der Waals surface area contributed by atoms with E-state index in [0.29, 0.717) is 0 Å². The molecule has 0 aromatic carbocycles. The molecule has 0 bridgehead atoms. The molecule has 0 saturated carbocycles. The van der Waals surface area contributed by atoms with Crippen molar-refractivity contribution in [1.82, 2.24) is 19.6 Å². The molecule has 3 atom stereocenters. The molecule has 3 unspecified atom stereocenters. The molecule has 242 valence electrons. The Kier molecular flexibility index (Phi) is 15.0. The zero-order valence-corrected chi connectivity index (χ0v) is 26.6. The highest BCUT2D eigenvalue weighted by molar-refractivity contribution is 7.55. The summed E-state index contributed by atoms with van der Waals surface area (Å²) >= 11 is 0. The third-order valence-corrected chi connectivity index (χ3v) is 10.8. The molecule has 0 heterocycles. The molecular formula is C12H36N4O18P6. The van der Waals surface area contributed by atoms with Crippen molar-refractivity contribution in [3.05, 3.63) is 0 Å². The van der Waals surface area contributed by atoms with Crippen LogP contribution in [0.1, 0.15) is 20.8 Å². The summed E-state index contributed by atoms with van der Waals surface area (Å²) in [4.78, 5) is 119. The van der Waals surface area contributed by atoms with Crippen LogP contribution in [0.2, 0.25) is 0 Å². The molecule has 28 heteroatoms. The van der Waals surface area contributed by atoms with Crippen molar-refractivity contribution in [2.45, 2.75) is 38.5 Å². The zero-order valence-electron chi connectivity index (χ0n) is 21.3. The van der Waals surface area contributed by atoms with E-state index in [9.17, 15) is 86.1 Å². The van der Waals surface area contributed by atoms with Crippen LogP contribution in [0.15, 0.2) is 0 Å². The Morgan fingerprint density at radius 2 is 0.600 bits per heavy atom. The first-order valence-electron chi connectivity index (χ1n) is 10.8. The van der Waals surface area contributed by atoms with Crippen LogP contribution < -0.4 is 0 Å². The average molecular weight is 710 g/mol. The summed E-state index contributed by atoms with van der Waals surface area (Å²) in [5.74, 6) is -9.13. The van der Waals surface area contributed by atoms with Crippen LogP contribution in [-0.2, 0) is 27.4 Å². The lowest BCUT2D eigenvalue weighted by molar-refractivity contribution is -0.0422. The Morgan fingerprint density at radius 3 is 0.700 bits per heavy atom. The van der Waals surface area contributed by atoms with Crippen LogP contribution in [0.4, 0.5) is 0 Å². The second kappa shape index (κ2) is 14.7. The van der Waals surface area contributed by atoms with Gasteiger partial charge in [0.1, 0.15) is 18.9 Å². The molecule has 0 rings (SSSR count). The summed E-state index contributed by atoms with van der Waals surface area (Å²) in [6, 6.07) is 0. The van der Waals surface area contributed by atoms with Crippen molar-refractivity contribution in [2.75, 3.05) is 38.5 Å². The van der Waals surface area contributed by atoms with Crippen molar-refractivity contribution in [2.24, 2.45) is 0 Å². The van der Waals surface area contributed by atoms with Crippen molar-refractivity contribution in [3.8, 4) is 0 Å². The van der Waals surface area contributed by atoms with E-state index >= 15 is 0 Å². The summed E-state index contributed by atoms with van der Waals surface area (Å²) in [6.07, 6.45) is -4.69. The maximum atomic E-state index is 12.8. The highest BCUT2D eigenvalue weighted by atomic mass is 31.2. The van der Waals surface area contributed by atoms with Gasteiger partial charge < -0.3 is 58.7 Å². The van der Waals surface area contributed by atoms with Crippen molar-refractivity contribution < 1.29 is 86.1 Å². The standard InChI is InChI=1S/C12H36N4O18P6/c1-4-13(7-35(17,18)19)10(38(26,27)28)16(11(39(29,30)31)14(5-2)8-36(20,21)22)12(40(32,33)34)15(6-3)9-37(23,24)25/h10-12H,4-9H2,1-3H3,(H2,17,18,19)(H2,20,21,22)(H2,23,24,25)(H2,26,27,28)(H2,29,30,31)(H2,32,33,34). The zero-order chi connectivity index (χ0) is 32.3. The van der Waals surface area contributed by atoms with Crippen LogP contribution in [0, 0.1) is 0 Å². The Morgan fingerprint density at radius 1 is 0.425 bits per heavy atom. The second-order valence-electron chi connectivity index (χ2n) is 8.39. The first-order valence-corrected chi connectivity index (χ1v) is 21.2. The Hall–Kier alpha value is 0.740. The predicted octanol–water partition coefficient (Wildman–Crippen LogP) is -1.96. The van der Waals surface area contributed by atoms with Gasteiger partial charge in [-0.3, -0.25) is 42.1 Å². The van der Waals surface area contributed by atoms with Gasteiger partial charge in [-0.05, 0) is 19.6 Å². The van der Waals surface area contributed by atoms with E-state index in [1.165, 1.54) is 0 Å². The SMILES string of the molecule is CCN(CP(=O)(O)O)C(N(C(N(CC)CP(=O)(O)O)P(=O)(O)O)C(N(CC)CP(=O)(O)O)P(=O)(O)O)P(=O)(O)O. The van der Waals surface area contributed by atoms with Crippen molar-refractivity contribution in [1.29, 1.82) is 0 Å². The fraction of sp³-hybridized carbons (Fsp3) is 1.00. The topological polar surface area (TPSA) is 358 Å². The summed E-state index contributed by atoms with van der Waals surface area (Å²) in [5.41, 5.74) is 0. The van der Waals surface area contributed by atoms with Gasteiger partial charge in [0, 0.05) is 0 Å². The van der Waals surface area contributed by atoms with Gasteiger partial charge in [0.15, 0.2) is 17.7 Å². The minimum absolute atomic E-state index is 0.212. The molecular weight excluding hydrogens is 674 g/mol. The number of rotatable bonds is 18. The number of hydrogen-bond donors (Lipinski definition) is 12. The van der Waals surface area contributed by atoms with Crippen molar-refractivity contribution in [3.63, 3.8) is 0 Å². The second-order valence-corrected chi connectivity index (χ2v) is 18.1. The molecule has 0 aliphatic carbocycles. The van der Waals surface area contributed by atoms with E-state index in [0.717, 1.165) is 20.8 Å². The fourth-order valence-electron chi connectivity index (χ4n) is 3.80. The fourth-order valence-corrected chi connectivity index (χ4v) is 10.8. The molecule has 0 saturated heterocycles. The third kappa shape index (κ3) is 13.6. The van der Waals surface area contributed by atoms with Gasteiger partial charge in [-0.2, -0.15) is 0 Å². The molecule has 0 radical (unpaired) electrons. The minimum Gasteiger partial charge on any atom is -0.324 e. The molecule has 0 aliphatic rings. The molecule has 40 heavy (non-hydrogen) atoms. The lowest BCUT2D eigenvalue weighted by Gasteiger charge is -2.51. The molecule has 22 nitrogen and oxygen atoms in total. The maximum Gasteiger partial charge on any atom is 0.357 e. The summed E-state index contributed by atoms with van der Waals surface area (Å²) in [6.45, 7) is 0.888. The van der Waals surface area contributed by atoms with Gasteiger partial charge in [0.2, 0.25) is 0 Å². The summed E-state index contributed by atoms with van der Waals surface area (Å²) in [7, 11) is -34.0. The van der Waals surface area contributed by atoms with Gasteiger partial charge in [-0.15, -0.1) is 0 Å². The third-order valence-electron chi connectivity index (χ3n) is 5.00. The van der Waals surface area contributed by atoms with Crippen LogP contribution in [0.3, 0.4) is 0 Å². The first-order chi connectivity index (χ1) is 17.5. The van der Waals surface area contributed by atoms with Gasteiger partial charge in [-0.25, -0.2) is 4.90 Å². The molecule has 0 aliphatic heterocycles. The summed E-state index contributed by atoms with van der Waals surface area (Å²) in [5, 5.41) is 0. The normalized spacial score (nSPS) is 17.2. The molecule has 0 aromatic rings. The highest BCUT2D eigenvalue weighted by Crippen LogP contribution is 2.60. The largest absolute Gasteiger partial charge is 0.357 e. The predicted molar refractivity (Wildman–Crippen MR) is 137 cm³/mol. The molecule has 0 fully saturated rings. The quantitative estimate of drug-likeness (QED) is 0.0543. The molecule has 12 N–H and O–H groups in total. The number of nitrogens with zero attached hydrogens (tertiary/aromatic N) is 4. The van der Waals surface area contributed by atoms with Gasteiger partial charge in [-0.1, -0.05) is 20.8 Å². The molecule has 0 spiro atoms. The van der Waals surface area contributed by atoms with E-state index in [4.69, 9.17) is 0 Å². The first kappa shape index (κ1) is 40.7. The van der Waals surface area contributed by atoms with Gasteiger partial charge in [0.05, 0.1) is 0 Å². The molecule has 0 amide bonds. The summed E-state index contributed by atoms with van der Waals surface area (Å²) < 4.78 is 73.8. The maximum absolute atomic E-state index is 12.8. The smallest absolute Gasteiger partial charge is 0.324 e. The van der Waals surface area contributed by atoms with E-state index in [-0.39, 0.29) is 19.6 Å². The van der Waals surface area contributed by atoms with Crippen LogP contribution in [-0.4, -0.2) is 135 Å². The average Bonchev–Trinajstić information content (AvgIpc) is 2.65. The van der Waals surface area contributed by atoms with Crippen LogP contribution in [0.25, 0.3) is 0 Å². The van der Waals surface area contributed by atoms with Crippen LogP contribution in [0.5, 0.6) is 0 Å². The van der Waals surface area contributed by atoms with E-state index < -0.39 is 102 Å². The van der Waals surface area contributed by atoms with Gasteiger partial charge in [0.25, 0.3) is 0 Å².